The predicted molar refractivity (Wildman–Crippen MR) is 190 cm³/mol. The number of para-hydroxylation sites is 1. The molecular weight excluding hydrogens is 622 g/mol. The number of ketones is 1. The lowest BCUT2D eigenvalue weighted by Gasteiger charge is -2.35. The van der Waals surface area contributed by atoms with Crippen molar-refractivity contribution in [1.29, 1.82) is 0 Å². The molecular formula is C39H49N3O7. The van der Waals surface area contributed by atoms with Crippen LogP contribution in [0, 0.1) is 0 Å². The van der Waals surface area contributed by atoms with E-state index < -0.39 is 24.3 Å². The molecule has 0 aliphatic carbocycles. The molecule has 49 heavy (non-hydrogen) atoms. The highest BCUT2D eigenvalue weighted by atomic mass is 16.7. The fourth-order valence-corrected chi connectivity index (χ4v) is 6.01. The number of carbonyl (C=O) groups excluding carboxylic acids is 2. The number of Topliss-reactive ketones (excluding diaryl/α,β-unsaturated/α-hetero) is 1. The second kappa shape index (κ2) is 16.6. The van der Waals surface area contributed by atoms with E-state index in [0.717, 1.165) is 27.6 Å². The van der Waals surface area contributed by atoms with Gasteiger partial charge in [-0.05, 0) is 70.4 Å². The fourth-order valence-electron chi connectivity index (χ4n) is 6.01. The second-order valence-corrected chi connectivity index (χ2v) is 13.1. The highest BCUT2D eigenvalue weighted by Gasteiger charge is 2.35. The van der Waals surface area contributed by atoms with Gasteiger partial charge < -0.3 is 28.8 Å². The Morgan fingerprint density at radius 3 is 2.08 bits per heavy atom. The Balaban J connectivity index is 1.80. The minimum absolute atomic E-state index is 0.0152. The topological polar surface area (TPSA) is 111 Å². The Labute approximate surface area is 289 Å². The van der Waals surface area contributed by atoms with Crippen molar-refractivity contribution in [2.45, 2.75) is 79.0 Å². The summed E-state index contributed by atoms with van der Waals surface area (Å²) in [6, 6.07) is 21.2. The predicted octanol–water partition coefficient (Wildman–Crippen LogP) is 7.08. The molecule has 0 spiro atoms. The summed E-state index contributed by atoms with van der Waals surface area (Å²) in [4.78, 5) is 43.2. The number of ether oxygens (including phenoxy) is 3. The number of fused-ring (bicyclic) bond motifs is 1. The van der Waals surface area contributed by atoms with Gasteiger partial charge >= 0.3 is 6.09 Å². The molecule has 3 aromatic carbocycles. The van der Waals surface area contributed by atoms with Gasteiger partial charge in [0.1, 0.15) is 17.4 Å². The molecule has 0 aliphatic heterocycles. The molecule has 0 radical (unpaired) electrons. The Morgan fingerprint density at radius 1 is 0.857 bits per heavy atom. The van der Waals surface area contributed by atoms with Gasteiger partial charge in [-0.25, -0.2) is 4.79 Å². The van der Waals surface area contributed by atoms with Crippen LogP contribution >= 0.6 is 0 Å². The zero-order valence-corrected chi connectivity index (χ0v) is 29.6. The van der Waals surface area contributed by atoms with Crippen LogP contribution in [0.15, 0.2) is 79.0 Å². The van der Waals surface area contributed by atoms with Crippen molar-refractivity contribution in [3.63, 3.8) is 0 Å². The average molecular weight is 672 g/mol. The number of aromatic nitrogens is 1. The van der Waals surface area contributed by atoms with Crippen molar-refractivity contribution in [3.8, 4) is 5.75 Å². The van der Waals surface area contributed by atoms with Crippen molar-refractivity contribution < 1.29 is 33.7 Å². The summed E-state index contributed by atoms with van der Waals surface area (Å²) in [5, 5.41) is 11.4. The third-order valence-corrected chi connectivity index (χ3v) is 8.09. The van der Waals surface area contributed by atoms with Crippen LogP contribution in [-0.4, -0.2) is 74.9 Å². The van der Waals surface area contributed by atoms with Crippen LogP contribution < -0.4 is 4.74 Å². The van der Waals surface area contributed by atoms with Gasteiger partial charge in [0.2, 0.25) is 5.91 Å². The summed E-state index contributed by atoms with van der Waals surface area (Å²) in [5.41, 5.74) is 3.37. The van der Waals surface area contributed by atoms with Gasteiger partial charge in [0.15, 0.2) is 12.1 Å². The van der Waals surface area contributed by atoms with Gasteiger partial charge in [-0.3, -0.25) is 14.5 Å². The van der Waals surface area contributed by atoms with Crippen LogP contribution in [0.3, 0.4) is 0 Å². The van der Waals surface area contributed by atoms with E-state index in [1.165, 1.54) is 11.8 Å². The number of nitrogens with zero attached hydrogens (tertiary/aromatic N) is 3. The van der Waals surface area contributed by atoms with Gasteiger partial charge in [0.25, 0.3) is 0 Å². The molecule has 1 N–H and O–H groups in total. The van der Waals surface area contributed by atoms with Crippen molar-refractivity contribution in [1.82, 2.24) is 14.4 Å². The summed E-state index contributed by atoms with van der Waals surface area (Å²) < 4.78 is 19.7. The first-order chi connectivity index (χ1) is 23.3. The molecule has 0 unspecified atom stereocenters. The van der Waals surface area contributed by atoms with E-state index in [9.17, 15) is 19.5 Å². The van der Waals surface area contributed by atoms with E-state index >= 15 is 0 Å². The Hall–Kier alpha value is -4.67. The lowest BCUT2D eigenvalue weighted by Crippen LogP contribution is -2.53. The molecule has 4 rings (SSSR count). The molecule has 1 aromatic heterocycles. The van der Waals surface area contributed by atoms with E-state index in [0.29, 0.717) is 24.5 Å². The minimum atomic E-state index is -1.21. The van der Waals surface area contributed by atoms with Gasteiger partial charge in [0, 0.05) is 56.9 Å². The highest BCUT2D eigenvalue weighted by molar-refractivity contribution is 6.07. The molecule has 0 aliphatic rings. The van der Waals surface area contributed by atoms with Crippen LogP contribution in [0.4, 0.5) is 4.79 Å². The van der Waals surface area contributed by atoms with Gasteiger partial charge in [-0.15, -0.1) is 0 Å². The van der Waals surface area contributed by atoms with Crippen LogP contribution in [0.1, 0.15) is 68.6 Å². The minimum Gasteiger partial charge on any atom is -0.488 e. The maximum atomic E-state index is 14.9. The Bertz CT molecular complexity index is 1700. The molecule has 10 heteroatoms. The van der Waals surface area contributed by atoms with E-state index in [1.807, 2.05) is 119 Å². The zero-order chi connectivity index (χ0) is 35.7. The lowest BCUT2D eigenvalue weighted by atomic mass is 10.0. The lowest BCUT2D eigenvalue weighted by molar-refractivity contribution is -0.162. The first-order valence-corrected chi connectivity index (χ1v) is 16.7. The summed E-state index contributed by atoms with van der Waals surface area (Å²) in [6.45, 7) is 12.1. The average Bonchev–Trinajstić information content (AvgIpc) is 3.40. The summed E-state index contributed by atoms with van der Waals surface area (Å²) in [5.74, 6) is 0.230. The van der Waals surface area contributed by atoms with E-state index in [-0.39, 0.29) is 37.4 Å². The number of hydrogen-bond acceptors (Lipinski definition) is 6. The van der Waals surface area contributed by atoms with Crippen molar-refractivity contribution in [3.05, 3.63) is 101 Å². The molecule has 2 amide bonds. The smallest absolute Gasteiger partial charge is 0.408 e. The van der Waals surface area contributed by atoms with Crippen LogP contribution in [0.2, 0.25) is 0 Å². The number of amides is 2. The standard InChI is InChI=1S/C39H49N3O7/c1-8-47-35(48-9-2)26-41(24-30-16-13-17-32-33(27(3)43)25-40(7)36(30)32)37(44)34(42(38(45)46)23-29-14-11-10-12-15-29)22-28-18-20-31(21-19-28)49-39(4,5)6/h10-21,25,34-35H,8-9,22-24,26H2,1-7H3,(H,45,46)/t34-/m0/s1. The maximum Gasteiger partial charge on any atom is 0.408 e. The van der Waals surface area contributed by atoms with Crippen LogP contribution in [-0.2, 0) is 40.8 Å². The molecule has 0 saturated heterocycles. The first-order valence-electron chi connectivity index (χ1n) is 16.7. The molecule has 262 valence electrons. The van der Waals surface area contributed by atoms with Crippen LogP contribution in [0.25, 0.3) is 10.9 Å². The maximum absolute atomic E-state index is 14.9. The number of hydrogen-bond donors (Lipinski definition) is 1. The Morgan fingerprint density at radius 2 is 1.51 bits per heavy atom. The molecule has 10 nitrogen and oxygen atoms in total. The largest absolute Gasteiger partial charge is 0.488 e. The molecule has 4 aromatic rings. The summed E-state index contributed by atoms with van der Waals surface area (Å²) >= 11 is 0. The monoisotopic (exact) mass is 671 g/mol. The number of carbonyl (C=O) groups is 3. The summed E-state index contributed by atoms with van der Waals surface area (Å²) in [6.07, 6.45) is -0.0211. The van der Waals surface area contributed by atoms with Gasteiger partial charge in [-0.1, -0.05) is 60.7 Å². The number of carboxylic acid groups (broad SMARTS) is 1. The Kier molecular flexibility index (Phi) is 12.6. The summed E-state index contributed by atoms with van der Waals surface area (Å²) in [7, 11) is 1.87. The fraction of sp³-hybridized carbons (Fsp3) is 0.410. The van der Waals surface area contributed by atoms with Crippen molar-refractivity contribution in [2.75, 3.05) is 19.8 Å². The van der Waals surface area contributed by atoms with Crippen molar-refractivity contribution in [2.24, 2.45) is 7.05 Å². The molecule has 0 saturated carbocycles. The quantitative estimate of drug-likeness (QED) is 0.100. The molecule has 0 bridgehead atoms. The number of aryl methyl sites for hydroxylation is 1. The van der Waals surface area contributed by atoms with Gasteiger partial charge in [-0.2, -0.15) is 0 Å². The van der Waals surface area contributed by atoms with E-state index in [2.05, 4.69) is 0 Å². The van der Waals surface area contributed by atoms with Gasteiger partial charge in [0.05, 0.1) is 12.1 Å². The van der Waals surface area contributed by atoms with Crippen LogP contribution in [0.5, 0.6) is 5.75 Å². The molecule has 1 atom stereocenters. The highest BCUT2D eigenvalue weighted by Crippen LogP contribution is 2.27. The van der Waals surface area contributed by atoms with E-state index in [4.69, 9.17) is 14.2 Å². The third-order valence-electron chi connectivity index (χ3n) is 8.09. The second-order valence-electron chi connectivity index (χ2n) is 13.1. The van der Waals surface area contributed by atoms with Crippen molar-refractivity contribution >= 4 is 28.7 Å². The molecule has 1 heterocycles. The van der Waals surface area contributed by atoms with E-state index in [1.54, 1.807) is 11.1 Å². The molecule has 0 fully saturated rings. The number of benzene rings is 3. The SMILES string of the molecule is CCOC(CN(Cc1cccc2c(C(C)=O)cn(C)c12)C(=O)[C@H](Cc1ccc(OC(C)(C)C)cc1)N(Cc1ccccc1)C(=O)O)OCC. The number of rotatable bonds is 16. The zero-order valence-electron chi connectivity index (χ0n) is 29.6. The normalized spacial score (nSPS) is 12.2. The third kappa shape index (κ3) is 9.93. The first kappa shape index (κ1) is 37.2.